The first-order chi connectivity index (χ1) is 15.5. The number of benzene rings is 3. The Bertz CT molecular complexity index is 1170. The van der Waals surface area contributed by atoms with E-state index in [0.29, 0.717) is 18.5 Å². The number of rotatable bonds is 4. The number of hydrogen-bond acceptors (Lipinski definition) is 6. The number of nitrogens with one attached hydrogen (secondary N) is 1. The standard InChI is InChI=1S/C24H20N4O4/c25-14-18-6-11-23-19(12-18)16-27(21(15-26-23)13-17-4-2-1-3-5-17)24(29)32-22-9-7-20(8-10-22)28(30)31/h1-12,21,26H,13,15-16H2/t21-/m1/s1. The highest BCUT2D eigenvalue weighted by Gasteiger charge is 2.29. The minimum absolute atomic E-state index is 0.0799. The fourth-order valence-electron chi connectivity index (χ4n) is 3.69. The number of nitro benzene ring substituents is 1. The van der Waals surface area contributed by atoms with Gasteiger partial charge in [0.05, 0.1) is 29.1 Å². The van der Waals surface area contributed by atoms with Gasteiger partial charge in [-0.1, -0.05) is 30.3 Å². The van der Waals surface area contributed by atoms with E-state index in [4.69, 9.17) is 4.74 Å². The number of amides is 1. The first-order valence-corrected chi connectivity index (χ1v) is 10.1. The van der Waals surface area contributed by atoms with Crippen LogP contribution in [0.2, 0.25) is 0 Å². The van der Waals surface area contributed by atoms with Crippen LogP contribution in [0.4, 0.5) is 16.2 Å². The van der Waals surface area contributed by atoms with Crippen molar-refractivity contribution in [2.24, 2.45) is 0 Å². The van der Waals surface area contributed by atoms with Crippen LogP contribution in [0.1, 0.15) is 16.7 Å². The highest BCUT2D eigenvalue weighted by atomic mass is 16.6. The average Bonchev–Trinajstić information content (AvgIpc) is 2.99. The summed E-state index contributed by atoms with van der Waals surface area (Å²) in [5, 5.41) is 23.5. The zero-order valence-corrected chi connectivity index (χ0v) is 17.1. The minimum Gasteiger partial charge on any atom is -0.410 e. The number of non-ortho nitro benzene ring substituents is 1. The summed E-state index contributed by atoms with van der Waals surface area (Å²) in [6.07, 6.45) is 0.0549. The molecule has 0 unspecified atom stereocenters. The molecule has 4 rings (SSSR count). The molecule has 0 saturated heterocycles. The van der Waals surface area contributed by atoms with Crippen LogP contribution in [0.25, 0.3) is 0 Å². The topological polar surface area (TPSA) is 108 Å². The van der Waals surface area contributed by atoms with Gasteiger partial charge in [0.25, 0.3) is 5.69 Å². The Morgan fingerprint density at radius 3 is 2.59 bits per heavy atom. The van der Waals surface area contributed by atoms with Gasteiger partial charge in [-0.25, -0.2) is 4.79 Å². The van der Waals surface area contributed by atoms with Crippen molar-refractivity contribution in [1.82, 2.24) is 4.90 Å². The SMILES string of the molecule is N#Cc1ccc2c(c1)CN(C(=O)Oc1ccc([N+](=O)[O-])cc1)[C@H](Cc1ccccc1)CN2. The van der Waals surface area contributed by atoms with Gasteiger partial charge in [-0.05, 0) is 47.9 Å². The van der Waals surface area contributed by atoms with Crippen molar-refractivity contribution in [3.05, 3.63) is 99.6 Å². The quantitative estimate of drug-likeness (QED) is 0.484. The molecule has 0 aliphatic carbocycles. The maximum Gasteiger partial charge on any atom is 0.415 e. The van der Waals surface area contributed by atoms with Crippen LogP contribution in [0.5, 0.6) is 5.75 Å². The Hall–Kier alpha value is -4.38. The Labute approximate surface area is 184 Å². The van der Waals surface area contributed by atoms with Gasteiger partial charge in [-0.2, -0.15) is 5.26 Å². The summed E-state index contributed by atoms with van der Waals surface area (Å²) in [5.41, 5.74) is 3.20. The summed E-state index contributed by atoms with van der Waals surface area (Å²) in [6, 6.07) is 22.5. The van der Waals surface area contributed by atoms with E-state index in [2.05, 4.69) is 11.4 Å². The van der Waals surface area contributed by atoms with Crippen LogP contribution >= 0.6 is 0 Å². The van der Waals surface area contributed by atoms with Gasteiger partial charge >= 0.3 is 6.09 Å². The zero-order valence-electron chi connectivity index (χ0n) is 17.1. The summed E-state index contributed by atoms with van der Waals surface area (Å²) < 4.78 is 5.56. The lowest BCUT2D eigenvalue weighted by Gasteiger charge is -2.29. The molecule has 1 heterocycles. The van der Waals surface area contributed by atoms with E-state index < -0.39 is 11.0 Å². The van der Waals surface area contributed by atoms with E-state index in [1.54, 1.807) is 17.0 Å². The molecule has 8 nitrogen and oxygen atoms in total. The lowest BCUT2D eigenvalue weighted by molar-refractivity contribution is -0.384. The zero-order chi connectivity index (χ0) is 22.5. The summed E-state index contributed by atoms with van der Waals surface area (Å²) in [6.45, 7) is 0.768. The van der Waals surface area contributed by atoms with Gasteiger partial charge in [0.1, 0.15) is 5.75 Å². The van der Waals surface area contributed by atoms with E-state index in [9.17, 15) is 20.2 Å². The van der Waals surface area contributed by atoms with Crippen molar-refractivity contribution < 1.29 is 14.5 Å². The third-order valence-corrected chi connectivity index (χ3v) is 5.35. The van der Waals surface area contributed by atoms with Gasteiger partial charge in [0, 0.05) is 24.4 Å². The number of fused-ring (bicyclic) bond motifs is 1. The molecule has 0 saturated carbocycles. The number of nitro groups is 1. The number of ether oxygens (including phenoxy) is 1. The second kappa shape index (κ2) is 9.18. The average molecular weight is 428 g/mol. The lowest BCUT2D eigenvalue weighted by Crippen LogP contribution is -2.44. The predicted octanol–water partition coefficient (Wildman–Crippen LogP) is 4.50. The van der Waals surface area contributed by atoms with Crippen molar-refractivity contribution in [2.75, 3.05) is 11.9 Å². The Kier molecular flexibility index (Phi) is 5.99. The molecule has 0 fully saturated rings. The van der Waals surface area contributed by atoms with Crippen molar-refractivity contribution in [3.63, 3.8) is 0 Å². The molecule has 1 aliphatic rings. The molecule has 0 bridgehead atoms. The van der Waals surface area contributed by atoms with Crippen molar-refractivity contribution >= 4 is 17.5 Å². The van der Waals surface area contributed by atoms with Gasteiger partial charge in [-0.3, -0.25) is 15.0 Å². The fourth-order valence-corrected chi connectivity index (χ4v) is 3.69. The van der Waals surface area contributed by atoms with Crippen LogP contribution in [0.3, 0.4) is 0 Å². The van der Waals surface area contributed by atoms with Crippen LogP contribution in [0.15, 0.2) is 72.8 Å². The highest BCUT2D eigenvalue weighted by molar-refractivity contribution is 5.72. The third-order valence-electron chi connectivity index (χ3n) is 5.35. The Morgan fingerprint density at radius 2 is 1.91 bits per heavy atom. The van der Waals surface area contributed by atoms with E-state index in [1.165, 1.54) is 24.3 Å². The second-order valence-electron chi connectivity index (χ2n) is 7.46. The first-order valence-electron chi connectivity index (χ1n) is 10.1. The molecule has 1 amide bonds. The molecule has 32 heavy (non-hydrogen) atoms. The number of hydrogen-bond donors (Lipinski definition) is 1. The van der Waals surface area contributed by atoms with Gasteiger partial charge in [-0.15, -0.1) is 0 Å². The molecule has 1 atom stereocenters. The molecular formula is C24H20N4O4. The first kappa shape index (κ1) is 20.9. The fraction of sp³-hybridized carbons (Fsp3) is 0.167. The molecule has 1 aliphatic heterocycles. The summed E-state index contributed by atoms with van der Waals surface area (Å²) in [5.74, 6) is 0.224. The normalized spacial score (nSPS) is 15.0. The molecular weight excluding hydrogens is 408 g/mol. The summed E-state index contributed by atoms with van der Waals surface area (Å²) >= 11 is 0. The summed E-state index contributed by atoms with van der Waals surface area (Å²) in [4.78, 5) is 25.2. The Morgan fingerprint density at radius 1 is 1.16 bits per heavy atom. The van der Waals surface area contributed by atoms with Gasteiger partial charge < -0.3 is 10.1 Å². The molecule has 0 radical (unpaired) electrons. The minimum atomic E-state index is -0.559. The van der Waals surface area contributed by atoms with E-state index in [1.807, 2.05) is 36.4 Å². The van der Waals surface area contributed by atoms with E-state index >= 15 is 0 Å². The molecule has 8 heteroatoms. The molecule has 160 valence electrons. The second-order valence-corrected chi connectivity index (χ2v) is 7.46. The smallest absolute Gasteiger partial charge is 0.410 e. The number of carbonyl (C=O) groups excluding carboxylic acids is 1. The molecule has 0 aromatic heterocycles. The van der Waals surface area contributed by atoms with Gasteiger partial charge in [0.15, 0.2) is 0 Å². The third kappa shape index (κ3) is 4.68. The van der Waals surface area contributed by atoms with Crippen LogP contribution in [-0.2, 0) is 13.0 Å². The van der Waals surface area contributed by atoms with Crippen LogP contribution in [0, 0.1) is 21.4 Å². The molecule has 1 N–H and O–H groups in total. The number of anilines is 1. The van der Waals surface area contributed by atoms with Crippen molar-refractivity contribution in [3.8, 4) is 11.8 Å². The Balaban J connectivity index is 1.61. The predicted molar refractivity (Wildman–Crippen MR) is 118 cm³/mol. The van der Waals surface area contributed by atoms with Crippen molar-refractivity contribution in [1.29, 1.82) is 5.26 Å². The maximum atomic E-state index is 13.2. The maximum absolute atomic E-state index is 13.2. The van der Waals surface area contributed by atoms with Crippen LogP contribution in [-0.4, -0.2) is 28.5 Å². The number of carbonyl (C=O) groups is 1. The monoisotopic (exact) mass is 428 g/mol. The molecule has 3 aromatic rings. The largest absolute Gasteiger partial charge is 0.415 e. The van der Waals surface area contributed by atoms with E-state index in [-0.39, 0.29) is 24.0 Å². The lowest BCUT2D eigenvalue weighted by atomic mass is 10.0. The highest BCUT2D eigenvalue weighted by Crippen LogP contribution is 2.27. The molecule has 0 spiro atoms. The number of nitrogens with zero attached hydrogens (tertiary/aromatic N) is 3. The number of nitriles is 1. The van der Waals surface area contributed by atoms with E-state index in [0.717, 1.165) is 16.8 Å². The van der Waals surface area contributed by atoms with Gasteiger partial charge in [0.2, 0.25) is 0 Å². The summed E-state index contributed by atoms with van der Waals surface area (Å²) in [7, 11) is 0. The van der Waals surface area contributed by atoms with Crippen LogP contribution < -0.4 is 10.1 Å². The van der Waals surface area contributed by atoms with Crippen molar-refractivity contribution in [2.45, 2.75) is 19.0 Å². The molecule has 3 aromatic carbocycles.